The van der Waals surface area contributed by atoms with Gasteiger partial charge in [0, 0.05) is 17.5 Å². The molecule has 80 valence electrons. The van der Waals surface area contributed by atoms with Gasteiger partial charge in [-0.1, -0.05) is 11.8 Å². The Morgan fingerprint density at radius 2 is 2.27 bits per heavy atom. The van der Waals surface area contributed by atoms with Crippen LogP contribution in [0.15, 0.2) is 22.4 Å². The lowest BCUT2D eigenvalue weighted by Gasteiger charge is -2.30. The number of hydrogen-bond acceptors (Lipinski definition) is 4. The largest absolute Gasteiger partial charge is 0.477 e. The molecule has 0 spiro atoms. The van der Waals surface area contributed by atoms with E-state index in [-0.39, 0.29) is 16.3 Å². The van der Waals surface area contributed by atoms with Gasteiger partial charge in [0.1, 0.15) is 4.91 Å². The first-order valence-corrected chi connectivity index (χ1v) is 5.27. The maximum atomic E-state index is 11.6. The smallest absolute Gasteiger partial charge is 0.344 e. The Labute approximate surface area is 90.8 Å². The predicted molar refractivity (Wildman–Crippen MR) is 55.5 cm³/mol. The average molecular weight is 226 g/mol. The number of rotatable bonds is 1. The highest BCUT2D eigenvalue weighted by molar-refractivity contribution is 8.04. The quantitative estimate of drug-likeness (QED) is 0.687. The van der Waals surface area contributed by atoms with Crippen LogP contribution in [0.2, 0.25) is 0 Å². The van der Waals surface area contributed by atoms with Crippen molar-refractivity contribution in [3.8, 4) is 0 Å². The summed E-state index contributed by atoms with van der Waals surface area (Å²) in [5, 5.41) is 12.0. The second-order valence-electron chi connectivity index (χ2n) is 3.37. The van der Waals surface area contributed by atoms with Gasteiger partial charge in [0.05, 0.1) is 0 Å². The summed E-state index contributed by atoms with van der Waals surface area (Å²) in [6, 6.07) is 0. The summed E-state index contributed by atoms with van der Waals surface area (Å²) in [5.74, 6) is -1.16. The van der Waals surface area contributed by atoms with Crippen LogP contribution >= 0.6 is 11.8 Å². The van der Waals surface area contributed by atoms with Gasteiger partial charge >= 0.3 is 5.97 Å². The number of carbonyl (C=O) groups excluding carboxylic acids is 1. The summed E-state index contributed by atoms with van der Waals surface area (Å²) in [6.45, 7) is 3.43. The molecule has 1 amide bonds. The molecule has 2 heterocycles. The Hall–Kier alpha value is -1.43. The number of carbonyl (C=O) groups is 2. The Kier molecular flexibility index (Phi) is 2.22. The molecule has 15 heavy (non-hydrogen) atoms. The van der Waals surface area contributed by atoms with Crippen LogP contribution in [0.25, 0.3) is 0 Å². The fourth-order valence-corrected chi connectivity index (χ4v) is 2.81. The summed E-state index contributed by atoms with van der Waals surface area (Å²) in [6.07, 6.45) is 1.46. The molecule has 5 nitrogen and oxygen atoms in total. The highest BCUT2D eigenvalue weighted by Gasteiger charge is 2.38. The SMILES string of the molecule is CC1=CC(=O)N2C(C)=C(C(=O)O)S[C@H]2N1. The highest BCUT2D eigenvalue weighted by Crippen LogP contribution is 2.38. The standard InChI is InChI=1S/C9H10N2O3S/c1-4-3-6(12)11-5(2)7(8(13)14)15-9(11)10-4/h3,9-10H,1-2H3,(H,13,14)/t9-/m0/s1. The number of allylic oxidation sites excluding steroid dienone is 2. The van der Waals surface area contributed by atoms with Crippen molar-refractivity contribution >= 4 is 23.6 Å². The van der Waals surface area contributed by atoms with Gasteiger partial charge in [-0.3, -0.25) is 9.69 Å². The first-order valence-electron chi connectivity index (χ1n) is 4.39. The summed E-state index contributed by atoms with van der Waals surface area (Å²) >= 11 is 1.15. The number of fused-ring (bicyclic) bond motifs is 1. The molecule has 0 bridgehead atoms. The normalized spacial score (nSPS) is 24.9. The third kappa shape index (κ3) is 1.50. The van der Waals surface area contributed by atoms with E-state index in [0.29, 0.717) is 5.70 Å². The zero-order valence-corrected chi connectivity index (χ0v) is 9.09. The van der Waals surface area contributed by atoms with Crippen molar-refractivity contribution in [2.24, 2.45) is 0 Å². The summed E-state index contributed by atoms with van der Waals surface area (Å²) in [5.41, 5.74) is 0.945. The number of nitrogens with one attached hydrogen (secondary N) is 1. The highest BCUT2D eigenvalue weighted by atomic mass is 32.2. The van der Waals surface area contributed by atoms with Crippen LogP contribution in [-0.4, -0.2) is 27.4 Å². The number of hydrogen-bond donors (Lipinski definition) is 2. The molecule has 2 rings (SSSR count). The topological polar surface area (TPSA) is 69.6 Å². The molecule has 0 radical (unpaired) electrons. The zero-order valence-electron chi connectivity index (χ0n) is 8.27. The lowest BCUT2D eigenvalue weighted by molar-refractivity contribution is -0.131. The van der Waals surface area contributed by atoms with E-state index in [1.807, 2.05) is 0 Å². The van der Waals surface area contributed by atoms with Crippen molar-refractivity contribution in [3.63, 3.8) is 0 Å². The second-order valence-corrected chi connectivity index (χ2v) is 4.46. The molecular formula is C9H10N2O3S. The monoisotopic (exact) mass is 226 g/mol. The molecular weight excluding hydrogens is 216 g/mol. The zero-order chi connectivity index (χ0) is 11.2. The average Bonchev–Trinajstić information content (AvgIpc) is 2.42. The number of nitrogens with zero attached hydrogens (tertiary/aromatic N) is 1. The number of thioether (sulfide) groups is 1. The molecule has 0 saturated carbocycles. The van der Waals surface area contributed by atoms with E-state index >= 15 is 0 Å². The van der Waals surface area contributed by atoms with E-state index in [1.165, 1.54) is 11.0 Å². The van der Waals surface area contributed by atoms with Gasteiger partial charge in [-0.05, 0) is 13.8 Å². The van der Waals surface area contributed by atoms with Gasteiger partial charge in [0.25, 0.3) is 5.91 Å². The van der Waals surface area contributed by atoms with Gasteiger partial charge in [0.2, 0.25) is 0 Å². The van der Waals surface area contributed by atoms with E-state index in [1.54, 1.807) is 13.8 Å². The van der Waals surface area contributed by atoms with Gasteiger partial charge in [-0.15, -0.1) is 0 Å². The predicted octanol–water partition coefficient (Wildman–Crippen LogP) is 0.669. The molecule has 2 aliphatic rings. The fraction of sp³-hybridized carbons (Fsp3) is 0.333. The van der Waals surface area contributed by atoms with E-state index in [9.17, 15) is 9.59 Å². The molecule has 0 unspecified atom stereocenters. The maximum absolute atomic E-state index is 11.6. The van der Waals surface area contributed by atoms with Gasteiger partial charge in [-0.25, -0.2) is 4.79 Å². The molecule has 6 heteroatoms. The van der Waals surface area contributed by atoms with E-state index in [2.05, 4.69) is 5.32 Å². The lowest BCUT2D eigenvalue weighted by Crippen LogP contribution is -2.45. The second kappa shape index (κ2) is 3.30. The van der Waals surface area contributed by atoms with Crippen molar-refractivity contribution in [2.75, 3.05) is 0 Å². The van der Waals surface area contributed by atoms with Crippen molar-refractivity contribution in [1.29, 1.82) is 0 Å². The summed E-state index contributed by atoms with van der Waals surface area (Å²) < 4.78 is 0. The molecule has 0 aromatic carbocycles. The first kappa shape index (κ1) is 10.1. The molecule has 2 aliphatic heterocycles. The van der Waals surface area contributed by atoms with Crippen molar-refractivity contribution < 1.29 is 14.7 Å². The first-order chi connectivity index (χ1) is 7.00. The molecule has 2 N–H and O–H groups in total. The molecule has 1 atom stereocenters. The Morgan fingerprint density at radius 3 is 2.87 bits per heavy atom. The number of carboxylic acids is 1. The van der Waals surface area contributed by atoms with Gasteiger partial charge in [-0.2, -0.15) is 0 Å². The van der Waals surface area contributed by atoms with Crippen LogP contribution in [0.3, 0.4) is 0 Å². The van der Waals surface area contributed by atoms with Crippen LogP contribution in [0.5, 0.6) is 0 Å². The van der Waals surface area contributed by atoms with E-state index < -0.39 is 5.97 Å². The van der Waals surface area contributed by atoms with Crippen LogP contribution < -0.4 is 5.32 Å². The van der Waals surface area contributed by atoms with Crippen LogP contribution in [0.4, 0.5) is 0 Å². The fourth-order valence-electron chi connectivity index (χ4n) is 1.61. The minimum atomic E-state index is -0.987. The molecule has 0 fully saturated rings. The lowest BCUT2D eigenvalue weighted by atomic mass is 10.3. The molecule has 0 aromatic heterocycles. The van der Waals surface area contributed by atoms with Gasteiger partial charge in [0.15, 0.2) is 5.50 Å². The van der Waals surface area contributed by atoms with Gasteiger partial charge < -0.3 is 10.4 Å². The molecule has 0 saturated heterocycles. The minimum absolute atomic E-state index is 0.169. The Balaban J connectivity index is 2.36. The minimum Gasteiger partial charge on any atom is -0.477 e. The van der Waals surface area contributed by atoms with E-state index in [4.69, 9.17) is 5.11 Å². The third-order valence-corrected chi connectivity index (χ3v) is 3.53. The summed E-state index contributed by atoms with van der Waals surface area (Å²) in [7, 11) is 0. The molecule has 0 aliphatic carbocycles. The third-order valence-electron chi connectivity index (χ3n) is 2.28. The number of amides is 1. The maximum Gasteiger partial charge on any atom is 0.344 e. The van der Waals surface area contributed by atoms with Crippen molar-refractivity contribution in [3.05, 3.63) is 22.4 Å². The number of aliphatic carboxylic acids is 1. The number of carboxylic acid groups (broad SMARTS) is 1. The van der Waals surface area contributed by atoms with Crippen molar-refractivity contribution in [1.82, 2.24) is 10.2 Å². The summed E-state index contributed by atoms with van der Waals surface area (Å²) in [4.78, 5) is 24.2. The van der Waals surface area contributed by atoms with Crippen LogP contribution in [0.1, 0.15) is 13.8 Å². The molecule has 0 aromatic rings. The Morgan fingerprint density at radius 1 is 1.60 bits per heavy atom. The van der Waals surface area contributed by atoms with Crippen molar-refractivity contribution in [2.45, 2.75) is 19.3 Å². The van der Waals surface area contributed by atoms with Crippen LogP contribution in [0, 0.1) is 0 Å². The van der Waals surface area contributed by atoms with E-state index in [0.717, 1.165) is 17.5 Å². The van der Waals surface area contributed by atoms with Crippen LogP contribution in [-0.2, 0) is 9.59 Å². The Bertz CT molecular complexity index is 414.